The van der Waals surface area contributed by atoms with E-state index in [1.165, 1.54) is 28.6 Å². The molecule has 0 atom stereocenters. The van der Waals surface area contributed by atoms with E-state index < -0.39 is 0 Å². The van der Waals surface area contributed by atoms with Crippen LogP contribution in [0.1, 0.15) is 41.9 Å². The molecule has 1 aromatic heterocycles. The molecule has 0 saturated carbocycles. The summed E-state index contributed by atoms with van der Waals surface area (Å²) in [4.78, 5) is 17.9. The molecule has 0 spiro atoms. The fraction of sp³-hybridized carbons (Fsp3) is 0.259. The molecule has 5 nitrogen and oxygen atoms in total. The van der Waals surface area contributed by atoms with Crippen molar-refractivity contribution in [2.24, 2.45) is 4.99 Å². The van der Waals surface area contributed by atoms with Gasteiger partial charge in [-0.1, -0.05) is 25.1 Å². The fourth-order valence-corrected chi connectivity index (χ4v) is 4.96. The number of ether oxygens (including phenoxy) is 1. The van der Waals surface area contributed by atoms with Crippen molar-refractivity contribution >= 4 is 34.6 Å². The summed E-state index contributed by atoms with van der Waals surface area (Å²) in [7, 11) is 0. The lowest BCUT2D eigenvalue weighted by Crippen LogP contribution is -2.19. The van der Waals surface area contributed by atoms with Crippen LogP contribution in [0.25, 0.3) is 11.8 Å². The van der Waals surface area contributed by atoms with Crippen LogP contribution in [0.15, 0.2) is 58.4 Å². The summed E-state index contributed by atoms with van der Waals surface area (Å²) >= 11 is 1.36. The zero-order valence-electron chi connectivity index (χ0n) is 19.7. The lowest BCUT2D eigenvalue weighted by atomic mass is 10.1. The van der Waals surface area contributed by atoms with E-state index in [9.17, 15) is 4.79 Å². The SMILES string of the molecule is CCOc1ccc(N=C2NC(=O)/C(=C/c3cc(C)n(-c4c(C)cccc4CC)c3C)S2)cc1. The van der Waals surface area contributed by atoms with Crippen LogP contribution >= 0.6 is 11.8 Å². The number of nitrogens with one attached hydrogen (secondary N) is 1. The second-order valence-electron chi connectivity index (χ2n) is 8.01. The molecule has 0 aliphatic carbocycles. The summed E-state index contributed by atoms with van der Waals surface area (Å²) in [6, 6.07) is 16.1. The van der Waals surface area contributed by atoms with Gasteiger partial charge >= 0.3 is 0 Å². The van der Waals surface area contributed by atoms with E-state index in [0.717, 1.165) is 34.8 Å². The number of amides is 1. The number of aliphatic imine (C=N–C) groups is 1. The van der Waals surface area contributed by atoms with E-state index in [1.807, 2.05) is 37.3 Å². The van der Waals surface area contributed by atoms with Crippen LogP contribution in [-0.2, 0) is 11.2 Å². The standard InChI is InChI=1S/C27H29N3O2S/c1-6-20-10-8-9-17(3)25(20)30-18(4)15-21(19(30)5)16-24-26(31)29-27(33-24)28-22-11-13-23(14-12-22)32-7-2/h8-16H,6-7H2,1-5H3,(H,28,29,31)/b24-16-. The first-order valence-electron chi connectivity index (χ1n) is 11.2. The summed E-state index contributed by atoms with van der Waals surface area (Å²) in [5.41, 5.74) is 7.87. The Morgan fingerprint density at radius 1 is 1.09 bits per heavy atom. The predicted octanol–water partition coefficient (Wildman–Crippen LogP) is 6.26. The first kappa shape index (κ1) is 22.9. The number of carbonyl (C=O) groups excluding carboxylic acids is 1. The second kappa shape index (κ2) is 9.71. The van der Waals surface area contributed by atoms with Gasteiger partial charge in [0, 0.05) is 11.4 Å². The average Bonchev–Trinajstić information content (AvgIpc) is 3.27. The Kier molecular flexibility index (Phi) is 6.75. The summed E-state index contributed by atoms with van der Waals surface area (Å²) in [6.07, 6.45) is 2.93. The highest BCUT2D eigenvalue weighted by atomic mass is 32.2. The first-order valence-corrected chi connectivity index (χ1v) is 12.0. The molecule has 33 heavy (non-hydrogen) atoms. The third-order valence-electron chi connectivity index (χ3n) is 5.71. The van der Waals surface area contributed by atoms with Crippen LogP contribution in [-0.4, -0.2) is 22.2 Å². The smallest absolute Gasteiger partial charge is 0.264 e. The Hall–Kier alpha value is -3.25. The van der Waals surface area contributed by atoms with Gasteiger partial charge in [-0.15, -0.1) is 0 Å². The first-order chi connectivity index (χ1) is 15.9. The number of aromatic nitrogens is 1. The minimum Gasteiger partial charge on any atom is -0.494 e. The molecule has 1 amide bonds. The van der Waals surface area contributed by atoms with Gasteiger partial charge in [0.15, 0.2) is 5.17 Å². The molecule has 1 saturated heterocycles. The Balaban J connectivity index is 1.63. The zero-order chi connectivity index (χ0) is 23.5. The van der Waals surface area contributed by atoms with Crippen LogP contribution in [0.5, 0.6) is 5.75 Å². The monoisotopic (exact) mass is 459 g/mol. The van der Waals surface area contributed by atoms with Crippen LogP contribution in [0.4, 0.5) is 5.69 Å². The highest BCUT2D eigenvalue weighted by molar-refractivity contribution is 8.18. The van der Waals surface area contributed by atoms with Crippen molar-refractivity contribution in [3.8, 4) is 11.4 Å². The van der Waals surface area contributed by atoms with Crippen molar-refractivity contribution in [2.75, 3.05) is 6.61 Å². The maximum Gasteiger partial charge on any atom is 0.264 e. The predicted molar refractivity (Wildman–Crippen MR) is 138 cm³/mol. The minimum atomic E-state index is -0.125. The van der Waals surface area contributed by atoms with Gasteiger partial charge in [-0.3, -0.25) is 4.79 Å². The van der Waals surface area contributed by atoms with E-state index in [4.69, 9.17) is 4.74 Å². The zero-order valence-corrected chi connectivity index (χ0v) is 20.5. The quantitative estimate of drug-likeness (QED) is 0.443. The van der Waals surface area contributed by atoms with Gasteiger partial charge in [0.2, 0.25) is 0 Å². The molecule has 6 heteroatoms. The summed E-state index contributed by atoms with van der Waals surface area (Å²) in [5.74, 6) is 0.681. The second-order valence-corrected chi connectivity index (χ2v) is 9.04. The van der Waals surface area contributed by atoms with Gasteiger partial charge in [-0.25, -0.2) is 4.99 Å². The Bertz CT molecular complexity index is 1250. The summed E-state index contributed by atoms with van der Waals surface area (Å²) < 4.78 is 7.77. The number of hydrogen-bond acceptors (Lipinski definition) is 4. The molecular weight excluding hydrogens is 430 g/mol. The number of para-hydroxylation sites is 1. The normalized spacial score (nSPS) is 16.0. The Labute approximate surface area is 199 Å². The van der Waals surface area contributed by atoms with E-state index in [-0.39, 0.29) is 5.91 Å². The number of nitrogens with zero attached hydrogens (tertiary/aromatic N) is 2. The van der Waals surface area contributed by atoms with Crippen molar-refractivity contribution in [1.82, 2.24) is 9.88 Å². The lowest BCUT2D eigenvalue weighted by molar-refractivity contribution is -0.115. The topological polar surface area (TPSA) is 55.6 Å². The number of hydrogen-bond donors (Lipinski definition) is 1. The maximum absolute atomic E-state index is 12.6. The Morgan fingerprint density at radius 3 is 2.55 bits per heavy atom. The molecule has 2 heterocycles. The molecule has 170 valence electrons. The van der Waals surface area contributed by atoms with Crippen molar-refractivity contribution in [2.45, 2.75) is 41.0 Å². The number of amidine groups is 1. The third kappa shape index (κ3) is 4.76. The van der Waals surface area contributed by atoms with E-state index in [1.54, 1.807) is 0 Å². The van der Waals surface area contributed by atoms with E-state index in [0.29, 0.717) is 16.7 Å². The van der Waals surface area contributed by atoms with E-state index >= 15 is 0 Å². The van der Waals surface area contributed by atoms with Crippen molar-refractivity contribution < 1.29 is 9.53 Å². The molecule has 0 radical (unpaired) electrons. The number of carbonyl (C=O) groups is 1. The average molecular weight is 460 g/mol. The molecule has 1 aliphatic rings. The summed E-state index contributed by atoms with van der Waals surface area (Å²) in [6.45, 7) is 11.1. The molecule has 0 unspecified atom stereocenters. The van der Waals surface area contributed by atoms with Crippen molar-refractivity contribution in [1.29, 1.82) is 0 Å². The van der Waals surface area contributed by atoms with Gasteiger partial charge in [0.05, 0.1) is 22.9 Å². The van der Waals surface area contributed by atoms with Gasteiger partial charge in [-0.05, 0) is 99.0 Å². The molecule has 1 aliphatic heterocycles. The van der Waals surface area contributed by atoms with Crippen LogP contribution in [0, 0.1) is 20.8 Å². The molecule has 3 aromatic rings. The van der Waals surface area contributed by atoms with Gasteiger partial charge in [0.1, 0.15) is 5.75 Å². The molecule has 0 bridgehead atoms. The molecule has 2 aromatic carbocycles. The van der Waals surface area contributed by atoms with E-state index in [2.05, 4.69) is 66.8 Å². The maximum atomic E-state index is 12.6. The summed E-state index contributed by atoms with van der Waals surface area (Å²) in [5, 5.41) is 3.46. The number of rotatable bonds is 6. The Morgan fingerprint density at radius 2 is 1.85 bits per heavy atom. The highest BCUT2D eigenvalue weighted by Crippen LogP contribution is 2.32. The molecular formula is C27H29N3O2S. The molecule has 1 fully saturated rings. The molecule has 1 N–H and O–H groups in total. The number of thioether (sulfide) groups is 1. The van der Waals surface area contributed by atoms with Crippen LogP contribution in [0.2, 0.25) is 0 Å². The number of aryl methyl sites for hydroxylation is 3. The van der Waals surface area contributed by atoms with Gasteiger partial charge in [0.25, 0.3) is 5.91 Å². The van der Waals surface area contributed by atoms with Gasteiger partial charge in [-0.2, -0.15) is 0 Å². The van der Waals surface area contributed by atoms with Crippen LogP contribution < -0.4 is 10.1 Å². The third-order valence-corrected chi connectivity index (χ3v) is 6.62. The highest BCUT2D eigenvalue weighted by Gasteiger charge is 2.25. The lowest BCUT2D eigenvalue weighted by Gasteiger charge is -2.17. The van der Waals surface area contributed by atoms with Crippen molar-refractivity contribution in [3.05, 3.63) is 81.5 Å². The van der Waals surface area contributed by atoms with Crippen molar-refractivity contribution in [3.63, 3.8) is 0 Å². The van der Waals surface area contributed by atoms with Crippen LogP contribution in [0.3, 0.4) is 0 Å². The number of benzene rings is 2. The molecule has 4 rings (SSSR count). The minimum absolute atomic E-state index is 0.125. The fourth-order valence-electron chi connectivity index (χ4n) is 4.13. The van der Waals surface area contributed by atoms with Gasteiger partial charge < -0.3 is 14.6 Å². The largest absolute Gasteiger partial charge is 0.494 e.